The number of nitrogens with one attached hydrogen (secondary N) is 1. The van der Waals surface area contributed by atoms with Crippen molar-refractivity contribution in [2.24, 2.45) is 11.8 Å². The Hall–Kier alpha value is -2.48. The first kappa shape index (κ1) is 13.9. The van der Waals surface area contributed by atoms with Gasteiger partial charge in [0.25, 0.3) is 11.6 Å². The lowest BCUT2D eigenvalue weighted by Crippen LogP contribution is -2.39. The summed E-state index contributed by atoms with van der Waals surface area (Å²) in [6.07, 6.45) is 1.57. The van der Waals surface area contributed by atoms with Crippen LogP contribution in [-0.4, -0.2) is 20.6 Å². The highest BCUT2D eigenvalue weighted by Gasteiger charge is 2.26. The van der Waals surface area contributed by atoms with Crippen molar-refractivity contribution in [2.45, 2.75) is 19.9 Å². The number of carbonyl (C=O) groups excluding carboxylic acids is 1. The van der Waals surface area contributed by atoms with Crippen LogP contribution in [0.25, 0.3) is 10.9 Å². The molecule has 0 aliphatic carbocycles. The first-order valence-electron chi connectivity index (χ1n) is 6.07. The molecule has 0 saturated carbocycles. The van der Waals surface area contributed by atoms with Gasteiger partial charge < -0.3 is 0 Å². The van der Waals surface area contributed by atoms with Gasteiger partial charge in [-0.1, -0.05) is 13.8 Å². The van der Waals surface area contributed by atoms with Gasteiger partial charge in [0.2, 0.25) is 0 Å². The first-order valence-corrected chi connectivity index (χ1v) is 6.07. The molecule has 106 valence electrons. The van der Waals surface area contributed by atoms with E-state index in [1.54, 1.807) is 12.3 Å². The fourth-order valence-electron chi connectivity index (χ4n) is 2.14. The number of fused-ring (bicyclic) bond motifs is 1. The predicted octanol–water partition coefficient (Wildman–Crippen LogP) is 1.13. The van der Waals surface area contributed by atoms with Crippen LogP contribution < -0.4 is 11.3 Å². The number of amides is 1. The Labute approximate surface area is 114 Å². The number of rotatable bonds is 4. The summed E-state index contributed by atoms with van der Waals surface area (Å²) in [4.78, 5) is 22.2. The number of nitrogens with two attached hydrogens (primary N) is 1. The van der Waals surface area contributed by atoms with Crippen molar-refractivity contribution in [3.63, 3.8) is 0 Å². The Morgan fingerprint density at radius 3 is 2.75 bits per heavy atom. The molecule has 0 aliphatic rings. The van der Waals surface area contributed by atoms with Gasteiger partial charge in [0.05, 0.1) is 16.6 Å². The maximum atomic E-state index is 11.9. The molecule has 0 fully saturated rings. The minimum atomic E-state index is -0.625. The Balaban J connectivity index is 2.60. The van der Waals surface area contributed by atoms with E-state index in [0.717, 1.165) is 5.39 Å². The predicted molar refractivity (Wildman–Crippen MR) is 72.6 cm³/mol. The SMILES string of the molecule is CC(C)C(C(=O)NN)n1ncc2ccc([N+](=O)[O-])cc21. The second kappa shape index (κ2) is 5.25. The van der Waals surface area contributed by atoms with Crippen LogP contribution in [0.5, 0.6) is 0 Å². The van der Waals surface area contributed by atoms with Gasteiger partial charge in [0, 0.05) is 17.5 Å². The van der Waals surface area contributed by atoms with E-state index in [9.17, 15) is 14.9 Å². The Morgan fingerprint density at radius 1 is 1.50 bits per heavy atom. The number of hydrogen-bond donors (Lipinski definition) is 2. The van der Waals surface area contributed by atoms with Crippen molar-refractivity contribution < 1.29 is 9.72 Å². The number of hydrogen-bond acceptors (Lipinski definition) is 5. The molecule has 0 spiro atoms. The van der Waals surface area contributed by atoms with E-state index < -0.39 is 16.9 Å². The normalized spacial score (nSPS) is 12.6. The van der Waals surface area contributed by atoms with Crippen LogP contribution >= 0.6 is 0 Å². The van der Waals surface area contributed by atoms with E-state index in [1.807, 2.05) is 13.8 Å². The second-order valence-electron chi connectivity index (χ2n) is 4.79. The van der Waals surface area contributed by atoms with Crippen molar-refractivity contribution in [1.29, 1.82) is 0 Å². The van der Waals surface area contributed by atoms with E-state index in [0.29, 0.717) is 5.52 Å². The summed E-state index contributed by atoms with van der Waals surface area (Å²) in [5.74, 6) is 4.73. The molecule has 3 N–H and O–H groups in total. The van der Waals surface area contributed by atoms with Crippen LogP contribution in [0.2, 0.25) is 0 Å². The average molecular weight is 277 g/mol. The lowest BCUT2D eigenvalue weighted by Gasteiger charge is -2.20. The Kier molecular flexibility index (Phi) is 3.66. The standard InChI is InChI=1S/C12H15N5O3/c1-7(2)11(12(18)15-13)16-10-5-9(17(19)20)4-3-8(10)6-14-16/h3-7,11H,13H2,1-2H3,(H,15,18). The summed E-state index contributed by atoms with van der Waals surface area (Å²) >= 11 is 0. The summed E-state index contributed by atoms with van der Waals surface area (Å²) in [6, 6.07) is 3.79. The highest BCUT2D eigenvalue weighted by molar-refractivity contribution is 5.85. The van der Waals surface area contributed by atoms with Crippen LogP contribution in [-0.2, 0) is 4.79 Å². The van der Waals surface area contributed by atoms with E-state index in [2.05, 4.69) is 10.5 Å². The zero-order valence-electron chi connectivity index (χ0n) is 11.1. The van der Waals surface area contributed by atoms with Crippen molar-refractivity contribution in [3.8, 4) is 0 Å². The molecule has 8 nitrogen and oxygen atoms in total. The molecule has 1 amide bonds. The number of hydrazine groups is 1. The maximum absolute atomic E-state index is 11.9. The molecular weight excluding hydrogens is 262 g/mol. The van der Waals surface area contributed by atoms with Gasteiger partial charge in [-0.15, -0.1) is 0 Å². The van der Waals surface area contributed by atoms with Crippen molar-refractivity contribution in [2.75, 3.05) is 0 Å². The van der Waals surface area contributed by atoms with Gasteiger partial charge >= 0.3 is 0 Å². The molecule has 0 aliphatic heterocycles. The summed E-state index contributed by atoms with van der Waals surface area (Å²) in [6.45, 7) is 3.70. The third kappa shape index (κ3) is 2.32. The fraction of sp³-hybridized carbons (Fsp3) is 0.333. The number of nitro groups is 1. The van der Waals surface area contributed by atoms with Crippen LogP contribution in [0, 0.1) is 16.0 Å². The highest BCUT2D eigenvalue weighted by Crippen LogP contribution is 2.26. The topological polar surface area (TPSA) is 116 Å². The molecule has 1 unspecified atom stereocenters. The first-order chi connectivity index (χ1) is 9.45. The molecule has 2 rings (SSSR count). The number of carbonyl (C=O) groups is 1. The molecule has 1 heterocycles. The number of non-ortho nitro benzene ring substituents is 1. The molecule has 0 bridgehead atoms. The van der Waals surface area contributed by atoms with Gasteiger partial charge in [-0.2, -0.15) is 5.10 Å². The molecule has 1 atom stereocenters. The number of nitrogens with zero attached hydrogens (tertiary/aromatic N) is 3. The monoisotopic (exact) mass is 277 g/mol. The van der Waals surface area contributed by atoms with Crippen LogP contribution in [0.3, 0.4) is 0 Å². The number of nitro benzene ring substituents is 1. The molecule has 20 heavy (non-hydrogen) atoms. The Bertz CT molecular complexity index is 664. The van der Waals surface area contributed by atoms with E-state index in [-0.39, 0.29) is 11.6 Å². The van der Waals surface area contributed by atoms with E-state index in [4.69, 9.17) is 5.84 Å². The van der Waals surface area contributed by atoms with E-state index in [1.165, 1.54) is 16.8 Å². The average Bonchev–Trinajstić information content (AvgIpc) is 2.81. The van der Waals surface area contributed by atoms with Crippen LogP contribution in [0.15, 0.2) is 24.4 Å². The molecule has 8 heteroatoms. The molecular formula is C12H15N5O3. The van der Waals surface area contributed by atoms with Crippen LogP contribution in [0.4, 0.5) is 5.69 Å². The fourth-order valence-corrected chi connectivity index (χ4v) is 2.14. The summed E-state index contributed by atoms with van der Waals surface area (Å²) in [7, 11) is 0. The lowest BCUT2D eigenvalue weighted by atomic mass is 10.0. The summed E-state index contributed by atoms with van der Waals surface area (Å²) in [5.41, 5.74) is 2.59. The van der Waals surface area contributed by atoms with E-state index >= 15 is 0 Å². The van der Waals surface area contributed by atoms with Crippen molar-refractivity contribution in [3.05, 3.63) is 34.5 Å². The smallest absolute Gasteiger partial charge is 0.271 e. The molecule has 2 aromatic rings. The minimum Gasteiger partial charge on any atom is -0.292 e. The molecule has 0 radical (unpaired) electrons. The maximum Gasteiger partial charge on any atom is 0.271 e. The van der Waals surface area contributed by atoms with Gasteiger partial charge in [-0.3, -0.25) is 25.0 Å². The highest BCUT2D eigenvalue weighted by atomic mass is 16.6. The largest absolute Gasteiger partial charge is 0.292 e. The second-order valence-corrected chi connectivity index (χ2v) is 4.79. The quantitative estimate of drug-likeness (QED) is 0.376. The Morgan fingerprint density at radius 2 is 2.20 bits per heavy atom. The van der Waals surface area contributed by atoms with Crippen molar-refractivity contribution in [1.82, 2.24) is 15.2 Å². The third-order valence-corrected chi connectivity index (χ3v) is 3.10. The number of benzene rings is 1. The zero-order chi connectivity index (χ0) is 14.9. The van der Waals surface area contributed by atoms with Gasteiger partial charge in [-0.05, 0) is 12.0 Å². The van der Waals surface area contributed by atoms with Crippen molar-refractivity contribution >= 4 is 22.5 Å². The third-order valence-electron chi connectivity index (χ3n) is 3.10. The van der Waals surface area contributed by atoms with Crippen LogP contribution in [0.1, 0.15) is 19.9 Å². The summed E-state index contributed by atoms with van der Waals surface area (Å²) < 4.78 is 1.47. The molecule has 0 saturated heterocycles. The molecule has 1 aromatic heterocycles. The molecule has 1 aromatic carbocycles. The van der Waals surface area contributed by atoms with Gasteiger partial charge in [0.1, 0.15) is 6.04 Å². The zero-order valence-corrected chi connectivity index (χ0v) is 11.1. The van der Waals surface area contributed by atoms with Gasteiger partial charge in [0.15, 0.2) is 0 Å². The summed E-state index contributed by atoms with van der Waals surface area (Å²) in [5, 5.41) is 15.7. The number of aromatic nitrogens is 2. The van der Waals surface area contributed by atoms with Gasteiger partial charge in [-0.25, -0.2) is 5.84 Å². The lowest BCUT2D eigenvalue weighted by molar-refractivity contribution is -0.384. The minimum absolute atomic E-state index is 0.0464.